The maximum absolute atomic E-state index is 12.3. The number of carbonyl (C=O) groups excluding carboxylic acids is 2. The third-order valence-corrected chi connectivity index (χ3v) is 3.93. The number of thiophene rings is 1. The fraction of sp³-hybridized carbons (Fsp3) is 0.250. The molecule has 1 atom stereocenters. The summed E-state index contributed by atoms with van der Waals surface area (Å²) in [5.74, 6) is -0.733. The molecule has 1 saturated carbocycles. The zero-order valence-corrected chi connectivity index (χ0v) is 12.1. The van der Waals surface area contributed by atoms with E-state index in [1.54, 1.807) is 29.0 Å². The third-order valence-electron chi connectivity index (χ3n) is 3.25. The molecular weight excluding hydrogens is 286 g/mol. The fourth-order valence-electron chi connectivity index (χ4n) is 1.96. The zero-order chi connectivity index (χ0) is 14.7. The van der Waals surface area contributed by atoms with E-state index in [2.05, 4.69) is 5.32 Å². The van der Waals surface area contributed by atoms with Gasteiger partial charge in [0.1, 0.15) is 0 Å². The van der Waals surface area contributed by atoms with Crippen LogP contribution in [0.1, 0.15) is 34.9 Å². The van der Waals surface area contributed by atoms with E-state index in [4.69, 9.17) is 4.74 Å². The molecule has 0 unspecified atom stereocenters. The Hall–Kier alpha value is -2.14. The largest absolute Gasteiger partial charge is 0.444 e. The zero-order valence-electron chi connectivity index (χ0n) is 11.3. The molecule has 5 heteroatoms. The maximum atomic E-state index is 12.3. The Morgan fingerprint density at radius 3 is 2.57 bits per heavy atom. The summed E-state index contributed by atoms with van der Waals surface area (Å²) in [7, 11) is 0. The second-order valence-corrected chi connectivity index (χ2v) is 5.77. The van der Waals surface area contributed by atoms with Crippen molar-refractivity contribution in [1.82, 2.24) is 5.32 Å². The van der Waals surface area contributed by atoms with Crippen LogP contribution in [0.25, 0.3) is 0 Å². The van der Waals surface area contributed by atoms with E-state index in [9.17, 15) is 9.59 Å². The molecule has 0 aliphatic heterocycles. The van der Waals surface area contributed by atoms with Crippen molar-refractivity contribution in [3.05, 3.63) is 58.3 Å². The molecule has 1 aromatic heterocycles. The van der Waals surface area contributed by atoms with Crippen molar-refractivity contribution in [1.29, 1.82) is 0 Å². The number of benzene rings is 1. The number of carbonyl (C=O) groups is 2. The van der Waals surface area contributed by atoms with Crippen LogP contribution in [0.5, 0.6) is 0 Å². The molecule has 1 fully saturated rings. The lowest BCUT2D eigenvalue weighted by Gasteiger charge is -2.17. The van der Waals surface area contributed by atoms with Gasteiger partial charge in [0.05, 0.1) is 5.56 Å². The summed E-state index contributed by atoms with van der Waals surface area (Å²) in [4.78, 5) is 24.4. The van der Waals surface area contributed by atoms with E-state index in [0.717, 1.165) is 12.8 Å². The summed E-state index contributed by atoms with van der Waals surface area (Å²) in [6, 6.07) is 11.0. The lowest BCUT2D eigenvalue weighted by atomic mass is 10.1. The highest BCUT2D eigenvalue weighted by molar-refractivity contribution is 7.08. The molecule has 1 aliphatic rings. The first-order valence-electron chi connectivity index (χ1n) is 6.82. The molecule has 1 aromatic carbocycles. The van der Waals surface area contributed by atoms with Gasteiger partial charge in [0.25, 0.3) is 5.91 Å². The van der Waals surface area contributed by atoms with Crippen molar-refractivity contribution in [2.75, 3.05) is 0 Å². The summed E-state index contributed by atoms with van der Waals surface area (Å²) >= 11 is 1.42. The average Bonchev–Trinajstić information content (AvgIpc) is 3.15. The van der Waals surface area contributed by atoms with Gasteiger partial charge in [-0.25, -0.2) is 4.79 Å². The smallest absolute Gasteiger partial charge is 0.340 e. The summed E-state index contributed by atoms with van der Waals surface area (Å²) in [6.07, 6.45) is 1.08. The van der Waals surface area contributed by atoms with E-state index < -0.39 is 12.1 Å². The summed E-state index contributed by atoms with van der Waals surface area (Å²) in [5.41, 5.74) is 1.15. The van der Waals surface area contributed by atoms with Crippen LogP contribution in [-0.2, 0) is 9.53 Å². The molecule has 3 rings (SSSR count). The highest BCUT2D eigenvalue weighted by Gasteiger charge is 2.31. The maximum Gasteiger partial charge on any atom is 0.340 e. The van der Waals surface area contributed by atoms with Gasteiger partial charge in [0.15, 0.2) is 0 Å². The number of hydrogen-bond acceptors (Lipinski definition) is 4. The standard InChI is InChI=1S/C16H15NO3S/c18-15(17-13-6-7-13)14(11-4-2-1-3-5-11)20-16(19)12-8-9-21-10-12/h1-5,8-10,13-14H,6-7H2,(H,17,18)/t14-/m1/s1. The Morgan fingerprint density at radius 1 is 1.19 bits per heavy atom. The lowest BCUT2D eigenvalue weighted by molar-refractivity contribution is -0.130. The van der Waals surface area contributed by atoms with Crippen molar-refractivity contribution in [3.63, 3.8) is 0 Å². The van der Waals surface area contributed by atoms with Gasteiger partial charge in [-0.2, -0.15) is 11.3 Å². The van der Waals surface area contributed by atoms with Gasteiger partial charge >= 0.3 is 5.97 Å². The van der Waals surface area contributed by atoms with E-state index in [0.29, 0.717) is 11.1 Å². The highest BCUT2D eigenvalue weighted by Crippen LogP contribution is 2.24. The summed E-state index contributed by atoms with van der Waals surface area (Å²) in [6.45, 7) is 0. The van der Waals surface area contributed by atoms with Gasteiger partial charge in [-0.1, -0.05) is 30.3 Å². The number of nitrogens with one attached hydrogen (secondary N) is 1. The first kappa shape index (κ1) is 13.8. The van der Waals surface area contributed by atoms with Gasteiger partial charge in [-0.15, -0.1) is 0 Å². The molecule has 1 heterocycles. The minimum atomic E-state index is -0.904. The highest BCUT2D eigenvalue weighted by atomic mass is 32.1. The number of amides is 1. The van der Waals surface area contributed by atoms with Crippen molar-refractivity contribution in [3.8, 4) is 0 Å². The van der Waals surface area contributed by atoms with Crippen LogP contribution in [0.15, 0.2) is 47.2 Å². The molecule has 0 saturated heterocycles. The topological polar surface area (TPSA) is 55.4 Å². The minimum absolute atomic E-state index is 0.226. The third kappa shape index (κ3) is 3.49. The average molecular weight is 301 g/mol. The predicted molar refractivity (Wildman–Crippen MR) is 80.1 cm³/mol. The molecule has 0 bridgehead atoms. The molecule has 0 radical (unpaired) electrons. The van der Waals surface area contributed by atoms with Crippen molar-refractivity contribution in [2.24, 2.45) is 0 Å². The Morgan fingerprint density at radius 2 is 1.95 bits per heavy atom. The second kappa shape index (κ2) is 6.10. The van der Waals surface area contributed by atoms with E-state index in [-0.39, 0.29) is 11.9 Å². The van der Waals surface area contributed by atoms with E-state index in [1.807, 2.05) is 18.2 Å². The van der Waals surface area contributed by atoms with Gasteiger partial charge in [-0.05, 0) is 24.3 Å². The number of rotatable bonds is 5. The van der Waals surface area contributed by atoms with Crippen molar-refractivity contribution in [2.45, 2.75) is 25.0 Å². The molecule has 1 aliphatic carbocycles. The molecule has 0 spiro atoms. The Kier molecular flexibility index (Phi) is 4.01. The van der Waals surface area contributed by atoms with Gasteiger partial charge in [-0.3, -0.25) is 4.79 Å². The minimum Gasteiger partial charge on any atom is -0.444 e. The van der Waals surface area contributed by atoms with Crippen LogP contribution in [0.4, 0.5) is 0 Å². The summed E-state index contributed by atoms with van der Waals surface area (Å²) in [5, 5.41) is 6.40. The molecule has 1 amide bonds. The SMILES string of the molecule is O=C(O[C@@H](C(=O)NC1CC1)c1ccccc1)c1ccsc1. The monoisotopic (exact) mass is 301 g/mol. The molecule has 2 aromatic rings. The lowest BCUT2D eigenvalue weighted by Crippen LogP contribution is -2.33. The fourth-order valence-corrected chi connectivity index (χ4v) is 2.59. The molecule has 1 N–H and O–H groups in total. The van der Waals surface area contributed by atoms with Gasteiger partial charge in [0.2, 0.25) is 6.10 Å². The normalized spacial score (nSPS) is 15.2. The number of esters is 1. The van der Waals surface area contributed by atoms with Crippen LogP contribution in [0.3, 0.4) is 0 Å². The van der Waals surface area contributed by atoms with Crippen LogP contribution in [0, 0.1) is 0 Å². The summed E-state index contributed by atoms with van der Waals surface area (Å²) < 4.78 is 5.43. The number of ether oxygens (including phenoxy) is 1. The van der Waals surface area contributed by atoms with Crippen LogP contribution in [-0.4, -0.2) is 17.9 Å². The van der Waals surface area contributed by atoms with Crippen LogP contribution < -0.4 is 5.32 Å². The Bertz CT molecular complexity index is 620. The van der Waals surface area contributed by atoms with E-state index >= 15 is 0 Å². The van der Waals surface area contributed by atoms with Crippen molar-refractivity contribution >= 4 is 23.2 Å². The Balaban J connectivity index is 1.78. The van der Waals surface area contributed by atoms with Crippen LogP contribution in [0.2, 0.25) is 0 Å². The molecule has 4 nitrogen and oxygen atoms in total. The first-order valence-corrected chi connectivity index (χ1v) is 7.77. The Labute approximate surface area is 126 Å². The van der Waals surface area contributed by atoms with Gasteiger partial charge < -0.3 is 10.1 Å². The van der Waals surface area contributed by atoms with Gasteiger partial charge in [0, 0.05) is 17.0 Å². The van der Waals surface area contributed by atoms with Crippen LogP contribution >= 0.6 is 11.3 Å². The predicted octanol–water partition coefficient (Wildman–Crippen LogP) is 2.92. The molecule has 108 valence electrons. The quantitative estimate of drug-likeness (QED) is 0.864. The second-order valence-electron chi connectivity index (χ2n) is 4.99. The molecular formula is C16H15NO3S. The first-order chi connectivity index (χ1) is 10.2. The van der Waals surface area contributed by atoms with Crippen molar-refractivity contribution < 1.29 is 14.3 Å². The van der Waals surface area contributed by atoms with E-state index in [1.165, 1.54) is 11.3 Å². The molecule has 21 heavy (non-hydrogen) atoms. The number of hydrogen-bond donors (Lipinski definition) is 1.